The number of H-pyrrole nitrogens is 1. The van der Waals surface area contributed by atoms with Crippen molar-refractivity contribution in [2.75, 3.05) is 4.90 Å². The number of rotatable bonds is 4. The molecule has 1 amide bonds. The summed E-state index contributed by atoms with van der Waals surface area (Å²) < 4.78 is 68.7. The first-order valence-electron chi connectivity index (χ1n) is 10.5. The number of benzene rings is 2. The molecule has 0 spiro atoms. The first-order valence-corrected chi connectivity index (χ1v) is 10.5. The molecule has 2 aliphatic rings. The van der Waals surface area contributed by atoms with Gasteiger partial charge in [-0.05, 0) is 49.1 Å². The van der Waals surface area contributed by atoms with E-state index in [1.807, 2.05) is 0 Å². The molecule has 0 radical (unpaired) electrons. The fourth-order valence-electron chi connectivity index (χ4n) is 4.63. The maximum Gasteiger partial charge on any atom is 0.505 e. The SMILES string of the molecule is O=C1[C@@H](C2CC2)[C@@H](c2c(F)cc(-c3cn(C(F)(F)F)nn3)cc2F)N1c1ccc2nc[nH]c2c1. The number of nitrogens with one attached hydrogen (secondary N) is 1. The van der Waals surface area contributed by atoms with Gasteiger partial charge in [0.2, 0.25) is 5.91 Å². The molecule has 1 N–H and O–H groups in total. The zero-order valence-corrected chi connectivity index (χ0v) is 17.2. The van der Waals surface area contributed by atoms with Gasteiger partial charge in [0.1, 0.15) is 17.3 Å². The number of hydrogen-bond donors (Lipinski definition) is 1. The van der Waals surface area contributed by atoms with Gasteiger partial charge >= 0.3 is 6.30 Å². The summed E-state index contributed by atoms with van der Waals surface area (Å²) in [6.07, 6.45) is -1.16. The number of hydrogen-bond acceptors (Lipinski definition) is 4. The Morgan fingerprint density at radius 2 is 1.79 bits per heavy atom. The highest BCUT2D eigenvalue weighted by atomic mass is 19.4. The quantitative estimate of drug-likeness (QED) is 0.344. The van der Waals surface area contributed by atoms with Crippen LogP contribution < -0.4 is 4.90 Å². The third-order valence-electron chi connectivity index (χ3n) is 6.38. The molecule has 6 rings (SSSR count). The lowest BCUT2D eigenvalue weighted by Crippen LogP contribution is -2.56. The summed E-state index contributed by atoms with van der Waals surface area (Å²) in [5, 5.41) is 6.35. The number of fused-ring (bicyclic) bond motifs is 1. The standard InChI is InChI=1S/C22H15F5N6O/c23-13-5-11(17-8-32(31-30-17)22(25,26)27)6-14(24)19(13)20-18(10-1-2-10)21(34)33(20)12-3-4-15-16(7-12)29-9-28-15/h3-10,18,20H,1-2H2,(H,28,29)/t18-,20-/m0/s1. The van der Waals surface area contributed by atoms with Gasteiger partial charge in [0.15, 0.2) is 0 Å². The number of halogens is 5. The Kier molecular flexibility index (Phi) is 4.32. The number of β-lactam (4-membered cyclic amide) rings is 1. The fraction of sp³-hybridized carbons (Fsp3) is 0.273. The molecule has 1 aliphatic heterocycles. The molecule has 34 heavy (non-hydrogen) atoms. The molecule has 7 nitrogen and oxygen atoms in total. The summed E-state index contributed by atoms with van der Waals surface area (Å²) in [7, 11) is 0. The molecule has 12 heteroatoms. The van der Waals surface area contributed by atoms with Crippen LogP contribution in [-0.4, -0.2) is 30.9 Å². The molecular formula is C22H15F5N6O. The van der Waals surface area contributed by atoms with E-state index in [2.05, 4.69) is 20.3 Å². The first-order chi connectivity index (χ1) is 16.2. The van der Waals surface area contributed by atoms with Crippen molar-refractivity contribution in [2.24, 2.45) is 11.8 Å². The van der Waals surface area contributed by atoms with Gasteiger partial charge in [-0.3, -0.25) is 4.79 Å². The van der Waals surface area contributed by atoms with E-state index in [4.69, 9.17) is 0 Å². The van der Waals surface area contributed by atoms with Gasteiger partial charge < -0.3 is 9.88 Å². The number of imidazole rings is 1. The van der Waals surface area contributed by atoms with Gasteiger partial charge in [-0.15, -0.1) is 18.3 Å². The van der Waals surface area contributed by atoms with E-state index in [-0.39, 0.29) is 33.3 Å². The fourth-order valence-corrected chi connectivity index (χ4v) is 4.63. The Hall–Kier alpha value is -3.83. The van der Waals surface area contributed by atoms with E-state index in [0.717, 1.165) is 25.0 Å². The van der Waals surface area contributed by atoms with E-state index in [1.54, 1.807) is 18.2 Å². The van der Waals surface area contributed by atoms with E-state index < -0.39 is 29.9 Å². The summed E-state index contributed by atoms with van der Waals surface area (Å²) in [6.45, 7) is 0. The highest BCUT2D eigenvalue weighted by Crippen LogP contribution is 2.55. The Balaban J connectivity index is 1.41. The predicted octanol–water partition coefficient (Wildman–Crippen LogP) is 4.69. The molecule has 1 saturated carbocycles. The molecule has 2 aromatic carbocycles. The van der Waals surface area contributed by atoms with Crippen LogP contribution in [0.4, 0.5) is 27.6 Å². The van der Waals surface area contributed by atoms with Crippen LogP contribution in [0.2, 0.25) is 0 Å². The summed E-state index contributed by atoms with van der Waals surface area (Å²) >= 11 is 0. The third-order valence-corrected chi connectivity index (χ3v) is 6.38. The highest BCUT2D eigenvalue weighted by Gasteiger charge is 2.56. The number of aromatic nitrogens is 5. The Bertz CT molecular complexity index is 1420. The van der Waals surface area contributed by atoms with Gasteiger partial charge in [-0.1, -0.05) is 5.21 Å². The topological polar surface area (TPSA) is 79.7 Å². The van der Waals surface area contributed by atoms with Crippen molar-refractivity contribution in [2.45, 2.75) is 25.2 Å². The van der Waals surface area contributed by atoms with Crippen LogP contribution in [0.5, 0.6) is 0 Å². The number of aromatic amines is 1. The van der Waals surface area contributed by atoms with Crippen LogP contribution in [0.25, 0.3) is 22.3 Å². The maximum atomic E-state index is 15.3. The van der Waals surface area contributed by atoms with Crippen LogP contribution in [-0.2, 0) is 11.1 Å². The van der Waals surface area contributed by atoms with Crippen LogP contribution in [0.15, 0.2) is 42.9 Å². The van der Waals surface area contributed by atoms with E-state index in [1.165, 1.54) is 11.2 Å². The van der Waals surface area contributed by atoms with Crippen LogP contribution in [0, 0.1) is 23.5 Å². The molecule has 0 bridgehead atoms. The molecular weight excluding hydrogens is 459 g/mol. The average Bonchev–Trinajstić information content (AvgIpc) is 3.26. The van der Waals surface area contributed by atoms with Crippen molar-refractivity contribution in [3.05, 3.63) is 60.1 Å². The molecule has 4 aromatic rings. The summed E-state index contributed by atoms with van der Waals surface area (Å²) in [4.78, 5) is 21.5. The van der Waals surface area contributed by atoms with Crippen LogP contribution in [0.3, 0.4) is 0 Å². The second-order valence-corrected chi connectivity index (χ2v) is 8.49. The molecule has 3 heterocycles. The monoisotopic (exact) mass is 474 g/mol. The first kappa shape index (κ1) is 20.8. The lowest BCUT2D eigenvalue weighted by atomic mass is 9.78. The molecule has 0 unspecified atom stereocenters. The lowest BCUT2D eigenvalue weighted by Gasteiger charge is -2.48. The minimum absolute atomic E-state index is 0.0368. The largest absolute Gasteiger partial charge is 0.505 e. The molecule has 1 aliphatic carbocycles. The van der Waals surface area contributed by atoms with E-state index in [0.29, 0.717) is 22.9 Å². The second kappa shape index (κ2) is 7.08. The number of anilines is 1. The van der Waals surface area contributed by atoms with Crippen molar-refractivity contribution >= 4 is 22.6 Å². The van der Waals surface area contributed by atoms with Gasteiger partial charge in [-0.2, -0.15) is 4.68 Å². The molecule has 2 fully saturated rings. The average molecular weight is 474 g/mol. The number of amides is 1. The summed E-state index contributed by atoms with van der Waals surface area (Å²) in [5.74, 6) is -2.68. The Labute approximate surface area is 188 Å². The minimum atomic E-state index is -4.80. The molecule has 2 aromatic heterocycles. The van der Waals surface area contributed by atoms with Gasteiger partial charge in [0, 0.05) is 16.8 Å². The number of alkyl halides is 3. The predicted molar refractivity (Wildman–Crippen MR) is 109 cm³/mol. The summed E-state index contributed by atoms with van der Waals surface area (Å²) in [6, 6.07) is 6.03. The van der Waals surface area contributed by atoms with Crippen molar-refractivity contribution < 1.29 is 26.7 Å². The maximum absolute atomic E-state index is 15.3. The van der Waals surface area contributed by atoms with Gasteiger partial charge in [0.25, 0.3) is 0 Å². The van der Waals surface area contributed by atoms with Crippen LogP contribution >= 0.6 is 0 Å². The zero-order valence-electron chi connectivity index (χ0n) is 17.2. The van der Waals surface area contributed by atoms with Crippen molar-refractivity contribution in [3.63, 3.8) is 0 Å². The minimum Gasteiger partial charge on any atom is -0.345 e. The van der Waals surface area contributed by atoms with Gasteiger partial charge in [-0.25, -0.2) is 13.8 Å². The van der Waals surface area contributed by atoms with Crippen molar-refractivity contribution in [1.29, 1.82) is 0 Å². The number of carbonyl (C=O) groups excluding carboxylic acids is 1. The summed E-state index contributed by atoms with van der Waals surface area (Å²) in [5.41, 5.74) is 1.01. The number of carbonyl (C=O) groups is 1. The van der Waals surface area contributed by atoms with Crippen molar-refractivity contribution in [3.8, 4) is 11.3 Å². The zero-order chi connectivity index (χ0) is 23.8. The molecule has 2 atom stereocenters. The number of nitrogens with zero attached hydrogens (tertiary/aromatic N) is 5. The van der Waals surface area contributed by atoms with E-state index in [9.17, 15) is 18.0 Å². The van der Waals surface area contributed by atoms with Gasteiger partial charge in [0.05, 0.1) is 35.5 Å². The third kappa shape index (κ3) is 3.16. The normalized spacial score (nSPS) is 20.7. The highest BCUT2D eigenvalue weighted by molar-refractivity contribution is 6.04. The van der Waals surface area contributed by atoms with Crippen LogP contribution in [0.1, 0.15) is 24.4 Å². The van der Waals surface area contributed by atoms with Crippen molar-refractivity contribution in [1.82, 2.24) is 25.0 Å². The molecule has 174 valence electrons. The molecule has 1 saturated heterocycles. The second-order valence-electron chi connectivity index (χ2n) is 8.49. The lowest BCUT2D eigenvalue weighted by molar-refractivity contribution is -0.213. The van der Waals surface area contributed by atoms with E-state index >= 15 is 8.78 Å². The Morgan fingerprint density at radius 3 is 2.44 bits per heavy atom. The smallest absolute Gasteiger partial charge is 0.345 e. The Morgan fingerprint density at radius 1 is 1.06 bits per heavy atom.